The van der Waals surface area contributed by atoms with E-state index in [1.165, 1.54) is 36.9 Å². The number of aromatic nitrogens is 2. The molecular weight excluding hydrogens is 296 g/mol. The van der Waals surface area contributed by atoms with E-state index in [2.05, 4.69) is 60.7 Å². The average Bonchev–Trinajstić information content (AvgIpc) is 2.99. The molecule has 1 saturated carbocycles. The third-order valence-corrected chi connectivity index (χ3v) is 6.02. The van der Waals surface area contributed by atoms with Gasteiger partial charge >= 0.3 is 0 Å². The molecule has 1 saturated heterocycles. The van der Waals surface area contributed by atoms with Crippen LogP contribution in [0.2, 0.25) is 0 Å². The molecule has 0 bridgehead atoms. The van der Waals surface area contributed by atoms with Crippen LogP contribution in [0.4, 0.5) is 0 Å². The Morgan fingerprint density at radius 1 is 1.25 bits per heavy atom. The number of likely N-dealkylation sites (tertiary alicyclic amines) is 1. The van der Waals surface area contributed by atoms with Gasteiger partial charge in [-0.2, -0.15) is 5.10 Å². The molecule has 4 nitrogen and oxygen atoms in total. The molecule has 4 rings (SSSR count). The summed E-state index contributed by atoms with van der Waals surface area (Å²) in [6.07, 6.45) is 6.34. The van der Waals surface area contributed by atoms with Gasteiger partial charge in [0, 0.05) is 42.5 Å². The lowest BCUT2D eigenvalue weighted by atomic mass is 9.62. The Labute approximate surface area is 144 Å². The van der Waals surface area contributed by atoms with E-state index in [1.54, 1.807) is 0 Å². The molecule has 1 N–H and O–H groups in total. The van der Waals surface area contributed by atoms with Gasteiger partial charge in [0.05, 0.1) is 5.69 Å². The maximum Gasteiger partial charge on any atom is 0.0968 e. The average molecular weight is 324 g/mol. The second-order valence-corrected chi connectivity index (χ2v) is 7.53. The van der Waals surface area contributed by atoms with Crippen LogP contribution in [0.25, 0.3) is 11.3 Å². The van der Waals surface area contributed by atoms with Crippen molar-refractivity contribution >= 4 is 0 Å². The summed E-state index contributed by atoms with van der Waals surface area (Å²) < 4.78 is 2.04. The van der Waals surface area contributed by atoms with Gasteiger partial charge < -0.3 is 10.2 Å². The summed E-state index contributed by atoms with van der Waals surface area (Å²) in [7, 11) is 2.28. The number of rotatable bonds is 6. The first kappa shape index (κ1) is 15.9. The Morgan fingerprint density at radius 3 is 2.67 bits per heavy atom. The minimum Gasteiger partial charge on any atom is -0.312 e. The Morgan fingerprint density at radius 2 is 2.04 bits per heavy atom. The van der Waals surface area contributed by atoms with Gasteiger partial charge in [0.25, 0.3) is 0 Å². The zero-order chi connectivity index (χ0) is 16.6. The van der Waals surface area contributed by atoms with Crippen LogP contribution in [-0.2, 0) is 13.1 Å². The van der Waals surface area contributed by atoms with Crippen LogP contribution < -0.4 is 5.32 Å². The number of hydrogen-bond acceptors (Lipinski definition) is 3. The van der Waals surface area contributed by atoms with Crippen LogP contribution in [0.1, 0.15) is 31.7 Å². The largest absolute Gasteiger partial charge is 0.312 e. The van der Waals surface area contributed by atoms with E-state index in [-0.39, 0.29) is 0 Å². The molecule has 24 heavy (non-hydrogen) atoms. The van der Waals surface area contributed by atoms with Crippen molar-refractivity contribution in [2.75, 3.05) is 20.1 Å². The fourth-order valence-electron chi connectivity index (χ4n) is 4.33. The van der Waals surface area contributed by atoms with Gasteiger partial charge in [0.2, 0.25) is 0 Å². The number of nitrogens with zero attached hydrogens (tertiary/aromatic N) is 3. The summed E-state index contributed by atoms with van der Waals surface area (Å²) in [5.74, 6) is 0.842. The summed E-state index contributed by atoms with van der Waals surface area (Å²) in [4.78, 5) is 2.54. The molecule has 1 aliphatic carbocycles. The quantitative estimate of drug-likeness (QED) is 0.886. The van der Waals surface area contributed by atoms with Gasteiger partial charge in [-0.05, 0) is 45.7 Å². The maximum absolute atomic E-state index is 4.76. The van der Waals surface area contributed by atoms with Crippen molar-refractivity contribution in [3.8, 4) is 11.3 Å². The van der Waals surface area contributed by atoms with E-state index < -0.39 is 0 Å². The molecule has 2 heterocycles. The Hall–Kier alpha value is -1.65. The highest BCUT2D eigenvalue weighted by molar-refractivity contribution is 5.62. The van der Waals surface area contributed by atoms with Crippen LogP contribution in [-0.4, -0.2) is 40.4 Å². The molecule has 2 aliphatic rings. The first-order valence-corrected chi connectivity index (χ1v) is 9.24. The van der Waals surface area contributed by atoms with E-state index in [0.29, 0.717) is 5.54 Å². The lowest BCUT2D eigenvalue weighted by molar-refractivity contribution is -0.0865. The third-order valence-electron chi connectivity index (χ3n) is 6.02. The molecule has 4 heteroatoms. The molecule has 1 aliphatic heterocycles. The Balaban J connectivity index is 1.36. The van der Waals surface area contributed by atoms with Crippen molar-refractivity contribution in [1.82, 2.24) is 20.0 Å². The fourth-order valence-corrected chi connectivity index (χ4v) is 4.33. The van der Waals surface area contributed by atoms with Crippen LogP contribution in [0.15, 0.2) is 36.5 Å². The van der Waals surface area contributed by atoms with E-state index in [1.807, 2.05) is 4.68 Å². The van der Waals surface area contributed by atoms with E-state index in [4.69, 9.17) is 5.10 Å². The molecular formula is C20H28N4. The van der Waals surface area contributed by atoms with Crippen molar-refractivity contribution < 1.29 is 0 Å². The highest BCUT2D eigenvalue weighted by Gasteiger charge is 2.51. The van der Waals surface area contributed by atoms with Gasteiger partial charge in [0.1, 0.15) is 0 Å². The number of benzene rings is 1. The Kier molecular flexibility index (Phi) is 4.19. The normalized spacial score (nSPS) is 26.3. The minimum absolute atomic E-state index is 0.578. The Bertz CT molecular complexity index is 685. The number of hydrogen-bond donors (Lipinski definition) is 1. The summed E-state index contributed by atoms with van der Waals surface area (Å²) >= 11 is 0. The zero-order valence-corrected chi connectivity index (χ0v) is 14.8. The maximum atomic E-state index is 4.76. The second kappa shape index (κ2) is 6.34. The standard InChI is InChI=1S/C20H28N4/c1-3-24-15-18(19(22-24)17-7-5-4-6-8-17)14-21-13-16-11-20(12-16)9-10-23(20)2/h4-8,15-16,21H,3,9-14H2,1-2H3. The highest BCUT2D eigenvalue weighted by Crippen LogP contribution is 2.49. The van der Waals surface area contributed by atoms with Crippen LogP contribution in [0.5, 0.6) is 0 Å². The predicted octanol–water partition coefficient (Wildman–Crippen LogP) is 3.14. The van der Waals surface area contributed by atoms with Crippen molar-refractivity contribution in [2.24, 2.45) is 5.92 Å². The third kappa shape index (κ3) is 2.78. The fraction of sp³-hybridized carbons (Fsp3) is 0.550. The molecule has 0 amide bonds. The van der Waals surface area contributed by atoms with Crippen molar-refractivity contribution in [3.05, 3.63) is 42.1 Å². The monoisotopic (exact) mass is 324 g/mol. The summed E-state index contributed by atoms with van der Waals surface area (Å²) in [5.41, 5.74) is 4.21. The van der Waals surface area contributed by atoms with Gasteiger partial charge in [0.15, 0.2) is 0 Å². The van der Waals surface area contributed by atoms with E-state index in [0.717, 1.165) is 31.2 Å². The topological polar surface area (TPSA) is 33.1 Å². The SMILES string of the molecule is CCn1cc(CNCC2CC3(CCN3C)C2)c(-c2ccccc2)n1. The first-order chi connectivity index (χ1) is 11.7. The van der Waals surface area contributed by atoms with Crippen molar-refractivity contribution in [2.45, 2.75) is 44.8 Å². The van der Waals surface area contributed by atoms with Crippen LogP contribution in [0, 0.1) is 5.92 Å². The summed E-state index contributed by atoms with van der Waals surface area (Å²) in [6.45, 7) is 6.38. The van der Waals surface area contributed by atoms with E-state index in [9.17, 15) is 0 Å². The van der Waals surface area contributed by atoms with Gasteiger partial charge in [-0.3, -0.25) is 4.68 Å². The molecule has 1 aromatic heterocycles. The predicted molar refractivity (Wildman–Crippen MR) is 97.7 cm³/mol. The molecule has 0 atom stereocenters. The molecule has 0 unspecified atom stereocenters. The molecule has 1 spiro atoms. The molecule has 2 fully saturated rings. The lowest BCUT2D eigenvalue weighted by Crippen LogP contribution is -2.65. The molecule has 1 aromatic carbocycles. The van der Waals surface area contributed by atoms with Crippen molar-refractivity contribution in [1.29, 1.82) is 0 Å². The van der Waals surface area contributed by atoms with E-state index >= 15 is 0 Å². The first-order valence-electron chi connectivity index (χ1n) is 9.24. The number of aryl methyl sites for hydroxylation is 1. The zero-order valence-electron chi connectivity index (χ0n) is 14.8. The molecule has 0 radical (unpaired) electrons. The van der Waals surface area contributed by atoms with Crippen molar-refractivity contribution in [3.63, 3.8) is 0 Å². The van der Waals surface area contributed by atoms with Gasteiger partial charge in [-0.15, -0.1) is 0 Å². The lowest BCUT2D eigenvalue weighted by Gasteiger charge is -2.60. The molecule has 2 aromatic rings. The molecule has 128 valence electrons. The summed E-state index contributed by atoms with van der Waals surface area (Å²) in [5, 5.41) is 8.44. The second-order valence-electron chi connectivity index (χ2n) is 7.53. The van der Waals surface area contributed by atoms with Gasteiger partial charge in [-0.1, -0.05) is 30.3 Å². The summed E-state index contributed by atoms with van der Waals surface area (Å²) in [6, 6.07) is 10.5. The smallest absolute Gasteiger partial charge is 0.0968 e. The number of nitrogens with one attached hydrogen (secondary N) is 1. The van der Waals surface area contributed by atoms with Gasteiger partial charge in [-0.25, -0.2) is 0 Å². The van der Waals surface area contributed by atoms with Crippen LogP contribution >= 0.6 is 0 Å². The highest BCUT2D eigenvalue weighted by atomic mass is 15.3. The van der Waals surface area contributed by atoms with Crippen LogP contribution in [0.3, 0.4) is 0 Å². The minimum atomic E-state index is 0.578.